The number of rotatable bonds is 5. The summed E-state index contributed by atoms with van der Waals surface area (Å²) in [5.41, 5.74) is 2.36. The molecule has 27 heavy (non-hydrogen) atoms. The highest BCUT2D eigenvalue weighted by Crippen LogP contribution is 2.35. The van der Waals surface area contributed by atoms with Crippen LogP contribution in [0.25, 0.3) is 0 Å². The van der Waals surface area contributed by atoms with E-state index in [9.17, 15) is 14.7 Å². The molecule has 0 saturated heterocycles. The van der Waals surface area contributed by atoms with E-state index in [1.54, 1.807) is 42.2 Å². The number of fused-ring (bicyclic) bond motifs is 1. The van der Waals surface area contributed by atoms with Crippen LogP contribution in [0.5, 0.6) is 0 Å². The maximum Gasteiger partial charge on any atom is 0.257 e. The number of benzene rings is 1. The number of anilines is 3. The highest BCUT2D eigenvalue weighted by molar-refractivity contribution is 6.07. The van der Waals surface area contributed by atoms with Gasteiger partial charge < -0.3 is 20.6 Å². The fourth-order valence-electron chi connectivity index (χ4n) is 3.15. The maximum absolute atomic E-state index is 12.7. The molecule has 7 heteroatoms. The van der Waals surface area contributed by atoms with Crippen LogP contribution in [0, 0.1) is 5.92 Å². The number of hydrogen-bond acceptors (Lipinski definition) is 5. The van der Waals surface area contributed by atoms with Crippen molar-refractivity contribution in [1.29, 1.82) is 0 Å². The van der Waals surface area contributed by atoms with Gasteiger partial charge in [-0.25, -0.2) is 4.98 Å². The molecule has 1 unspecified atom stereocenters. The lowest BCUT2D eigenvalue weighted by Gasteiger charge is -2.29. The molecular formula is C20H22N4O3. The average Bonchev–Trinajstić information content (AvgIpc) is 3.48. The Kier molecular flexibility index (Phi) is 4.53. The molecule has 1 atom stereocenters. The molecule has 1 aliphatic heterocycles. The fourth-order valence-corrected chi connectivity index (χ4v) is 3.15. The van der Waals surface area contributed by atoms with Crippen molar-refractivity contribution in [2.45, 2.75) is 25.9 Å². The van der Waals surface area contributed by atoms with Crippen LogP contribution in [0.1, 0.15) is 41.8 Å². The first kappa shape index (κ1) is 17.5. The highest BCUT2D eigenvalue weighted by atomic mass is 16.3. The number of aliphatic hydroxyl groups is 1. The molecule has 1 saturated carbocycles. The molecule has 0 bridgehead atoms. The van der Waals surface area contributed by atoms with E-state index in [2.05, 4.69) is 15.6 Å². The first-order valence-corrected chi connectivity index (χ1v) is 9.15. The second kappa shape index (κ2) is 7.00. The van der Waals surface area contributed by atoms with Gasteiger partial charge in [0.05, 0.1) is 23.9 Å². The Hall–Kier alpha value is -2.93. The number of nitrogens with zero attached hydrogens (tertiary/aromatic N) is 2. The quantitative estimate of drug-likeness (QED) is 0.756. The Morgan fingerprint density at radius 3 is 2.96 bits per heavy atom. The molecule has 1 aliphatic carbocycles. The van der Waals surface area contributed by atoms with Crippen molar-refractivity contribution >= 4 is 29.0 Å². The van der Waals surface area contributed by atoms with Crippen molar-refractivity contribution in [2.75, 3.05) is 28.6 Å². The van der Waals surface area contributed by atoms with Crippen LogP contribution in [0.4, 0.5) is 17.2 Å². The molecule has 3 N–H and O–H groups in total. The van der Waals surface area contributed by atoms with Gasteiger partial charge in [-0.3, -0.25) is 9.59 Å². The lowest BCUT2D eigenvalue weighted by atomic mass is 10.1. The SMILES string of the molecule is CC(O)c1cccc(NC(=O)c2cnc3c(c2)N(CC2CC2)C(=O)CN3)c1. The van der Waals surface area contributed by atoms with Crippen molar-refractivity contribution in [3.63, 3.8) is 0 Å². The van der Waals surface area contributed by atoms with Crippen LogP contribution < -0.4 is 15.5 Å². The first-order chi connectivity index (χ1) is 13.0. The fraction of sp³-hybridized carbons (Fsp3) is 0.350. The molecule has 140 valence electrons. The van der Waals surface area contributed by atoms with Crippen LogP contribution in [0.3, 0.4) is 0 Å². The van der Waals surface area contributed by atoms with Crippen LogP contribution in [0.2, 0.25) is 0 Å². The Balaban J connectivity index is 1.57. The number of amides is 2. The van der Waals surface area contributed by atoms with Gasteiger partial charge in [0.1, 0.15) is 5.82 Å². The monoisotopic (exact) mass is 366 g/mol. The van der Waals surface area contributed by atoms with Gasteiger partial charge in [0, 0.05) is 18.4 Å². The van der Waals surface area contributed by atoms with Gasteiger partial charge in [-0.2, -0.15) is 0 Å². The number of aromatic nitrogens is 1. The van der Waals surface area contributed by atoms with Crippen LogP contribution >= 0.6 is 0 Å². The number of aliphatic hydroxyl groups excluding tert-OH is 1. The summed E-state index contributed by atoms with van der Waals surface area (Å²) in [6.07, 6.45) is 3.17. The molecule has 4 rings (SSSR count). The molecule has 0 radical (unpaired) electrons. The van der Waals surface area contributed by atoms with E-state index in [0.717, 1.165) is 18.4 Å². The largest absolute Gasteiger partial charge is 0.389 e. The molecule has 2 aromatic rings. The van der Waals surface area contributed by atoms with Crippen molar-refractivity contribution < 1.29 is 14.7 Å². The third-order valence-corrected chi connectivity index (χ3v) is 4.89. The summed E-state index contributed by atoms with van der Waals surface area (Å²) in [4.78, 5) is 31.0. The summed E-state index contributed by atoms with van der Waals surface area (Å²) in [6.45, 7) is 2.58. The lowest BCUT2D eigenvalue weighted by Crippen LogP contribution is -2.41. The number of nitrogens with one attached hydrogen (secondary N) is 2. The van der Waals surface area contributed by atoms with Crippen LogP contribution in [0.15, 0.2) is 36.5 Å². The minimum atomic E-state index is -0.611. The summed E-state index contributed by atoms with van der Waals surface area (Å²) in [5, 5.41) is 15.5. The van der Waals surface area contributed by atoms with Crippen molar-refractivity contribution in [1.82, 2.24) is 4.98 Å². The van der Waals surface area contributed by atoms with Crippen molar-refractivity contribution in [3.05, 3.63) is 47.7 Å². The third kappa shape index (κ3) is 3.78. The van der Waals surface area contributed by atoms with Crippen LogP contribution in [-0.4, -0.2) is 35.0 Å². The predicted molar refractivity (Wildman–Crippen MR) is 103 cm³/mol. The van der Waals surface area contributed by atoms with E-state index >= 15 is 0 Å². The number of carbonyl (C=O) groups excluding carboxylic acids is 2. The minimum absolute atomic E-state index is 0.00149. The Bertz CT molecular complexity index is 893. The number of carbonyl (C=O) groups is 2. The van der Waals surface area contributed by atoms with Crippen LogP contribution in [-0.2, 0) is 4.79 Å². The predicted octanol–water partition coefficient (Wildman–Crippen LogP) is 2.56. The lowest BCUT2D eigenvalue weighted by molar-refractivity contribution is -0.117. The molecule has 7 nitrogen and oxygen atoms in total. The van der Waals surface area contributed by atoms with Gasteiger partial charge in [-0.1, -0.05) is 12.1 Å². The van der Waals surface area contributed by atoms with E-state index < -0.39 is 6.10 Å². The van der Waals surface area contributed by atoms with E-state index in [0.29, 0.717) is 35.2 Å². The van der Waals surface area contributed by atoms with E-state index in [1.807, 2.05) is 0 Å². The molecule has 0 spiro atoms. The van der Waals surface area contributed by atoms with Gasteiger partial charge in [0.15, 0.2) is 0 Å². The summed E-state index contributed by atoms with van der Waals surface area (Å²) in [7, 11) is 0. The smallest absolute Gasteiger partial charge is 0.257 e. The molecule has 1 aromatic heterocycles. The normalized spacial score (nSPS) is 17.1. The molecular weight excluding hydrogens is 344 g/mol. The van der Waals surface area contributed by atoms with E-state index in [1.165, 1.54) is 6.20 Å². The second-order valence-corrected chi connectivity index (χ2v) is 7.15. The van der Waals surface area contributed by atoms with Gasteiger partial charge in [-0.15, -0.1) is 0 Å². The Labute approximate surface area is 157 Å². The zero-order valence-electron chi connectivity index (χ0n) is 15.1. The van der Waals surface area contributed by atoms with Crippen molar-refractivity contribution in [3.8, 4) is 0 Å². The third-order valence-electron chi connectivity index (χ3n) is 4.89. The van der Waals surface area contributed by atoms with Crippen molar-refractivity contribution in [2.24, 2.45) is 5.92 Å². The molecule has 2 amide bonds. The second-order valence-electron chi connectivity index (χ2n) is 7.15. The van der Waals surface area contributed by atoms with Gasteiger partial charge in [-0.05, 0) is 49.4 Å². The Morgan fingerprint density at radius 1 is 1.41 bits per heavy atom. The highest BCUT2D eigenvalue weighted by Gasteiger charge is 2.32. The topological polar surface area (TPSA) is 94.6 Å². The number of pyridine rings is 1. The first-order valence-electron chi connectivity index (χ1n) is 9.15. The molecule has 2 aliphatic rings. The zero-order chi connectivity index (χ0) is 19.0. The summed E-state index contributed by atoms with van der Waals surface area (Å²) >= 11 is 0. The minimum Gasteiger partial charge on any atom is -0.389 e. The number of hydrogen-bond donors (Lipinski definition) is 3. The molecule has 2 heterocycles. The average molecular weight is 366 g/mol. The Morgan fingerprint density at radius 2 is 2.22 bits per heavy atom. The van der Waals surface area contributed by atoms with Gasteiger partial charge in [0.2, 0.25) is 5.91 Å². The summed E-state index contributed by atoms with van der Waals surface area (Å²) in [5.74, 6) is 0.860. The molecule has 1 aromatic carbocycles. The summed E-state index contributed by atoms with van der Waals surface area (Å²) in [6, 6.07) is 8.79. The van der Waals surface area contributed by atoms with E-state index in [-0.39, 0.29) is 18.4 Å². The van der Waals surface area contributed by atoms with Gasteiger partial charge in [0.25, 0.3) is 5.91 Å². The molecule has 1 fully saturated rings. The van der Waals surface area contributed by atoms with Gasteiger partial charge >= 0.3 is 0 Å². The van der Waals surface area contributed by atoms with E-state index in [4.69, 9.17) is 0 Å². The zero-order valence-corrected chi connectivity index (χ0v) is 15.1. The summed E-state index contributed by atoms with van der Waals surface area (Å²) < 4.78 is 0. The standard InChI is InChI=1S/C20H22N4O3/c1-12(25)14-3-2-4-16(7-14)23-20(27)15-8-17-19(21-9-15)22-10-18(26)24(17)11-13-5-6-13/h2-4,7-9,12-13,25H,5-6,10-11H2,1H3,(H,21,22)(H,23,27). The maximum atomic E-state index is 12.7.